The second-order valence-corrected chi connectivity index (χ2v) is 5.39. The second-order valence-electron chi connectivity index (χ2n) is 3.98. The van der Waals surface area contributed by atoms with E-state index in [-0.39, 0.29) is 6.61 Å². The standard InChI is InChI=1S/C12H21N3O2S/c1-10(3-5-16)18-12-14-8-11(9-15-12)7-13-4-6-17-2/h8-10,13,16H,3-7H2,1-2H3. The van der Waals surface area contributed by atoms with Crippen LogP contribution in [0.3, 0.4) is 0 Å². The van der Waals surface area contributed by atoms with Crippen LogP contribution in [0.15, 0.2) is 17.6 Å². The van der Waals surface area contributed by atoms with Crippen LogP contribution in [-0.4, -0.2) is 47.2 Å². The lowest BCUT2D eigenvalue weighted by Crippen LogP contribution is -2.18. The van der Waals surface area contributed by atoms with Gasteiger partial charge in [0, 0.05) is 50.0 Å². The van der Waals surface area contributed by atoms with Crippen molar-refractivity contribution >= 4 is 11.8 Å². The lowest BCUT2D eigenvalue weighted by molar-refractivity contribution is 0.199. The van der Waals surface area contributed by atoms with Crippen LogP contribution in [0.5, 0.6) is 0 Å². The maximum absolute atomic E-state index is 8.83. The highest BCUT2D eigenvalue weighted by Crippen LogP contribution is 2.20. The molecule has 0 amide bonds. The fraction of sp³-hybridized carbons (Fsp3) is 0.667. The van der Waals surface area contributed by atoms with Gasteiger partial charge in [0.15, 0.2) is 5.16 Å². The van der Waals surface area contributed by atoms with E-state index in [2.05, 4.69) is 22.2 Å². The van der Waals surface area contributed by atoms with Crippen LogP contribution in [0, 0.1) is 0 Å². The predicted molar refractivity (Wildman–Crippen MR) is 72.6 cm³/mol. The predicted octanol–water partition coefficient (Wildman–Crippen LogP) is 1.08. The number of nitrogens with zero attached hydrogens (tertiary/aromatic N) is 2. The minimum Gasteiger partial charge on any atom is -0.396 e. The maximum atomic E-state index is 8.83. The van der Waals surface area contributed by atoms with E-state index in [0.717, 1.165) is 30.2 Å². The van der Waals surface area contributed by atoms with Crippen molar-refractivity contribution < 1.29 is 9.84 Å². The van der Waals surface area contributed by atoms with Crippen molar-refractivity contribution in [1.29, 1.82) is 0 Å². The van der Waals surface area contributed by atoms with Gasteiger partial charge in [-0.2, -0.15) is 0 Å². The van der Waals surface area contributed by atoms with Crippen molar-refractivity contribution in [2.45, 2.75) is 30.3 Å². The van der Waals surface area contributed by atoms with Gasteiger partial charge in [0.2, 0.25) is 0 Å². The topological polar surface area (TPSA) is 67.3 Å². The third kappa shape index (κ3) is 6.30. The molecule has 6 heteroatoms. The number of aliphatic hydroxyl groups is 1. The third-order valence-corrected chi connectivity index (χ3v) is 3.40. The van der Waals surface area contributed by atoms with Crippen molar-refractivity contribution in [3.63, 3.8) is 0 Å². The number of hydrogen-bond donors (Lipinski definition) is 2. The lowest BCUT2D eigenvalue weighted by atomic mass is 10.3. The summed E-state index contributed by atoms with van der Waals surface area (Å²) in [6.07, 6.45) is 4.43. The van der Waals surface area contributed by atoms with Gasteiger partial charge in [-0.05, 0) is 6.42 Å². The molecule has 0 aliphatic carbocycles. The molecule has 2 N–H and O–H groups in total. The van der Waals surface area contributed by atoms with Crippen molar-refractivity contribution in [3.8, 4) is 0 Å². The zero-order valence-corrected chi connectivity index (χ0v) is 11.7. The van der Waals surface area contributed by atoms with E-state index in [4.69, 9.17) is 9.84 Å². The van der Waals surface area contributed by atoms with Gasteiger partial charge in [0.1, 0.15) is 0 Å². The molecule has 5 nitrogen and oxygen atoms in total. The van der Waals surface area contributed by atoms with E-state index in [0.29, 0.717) is 11.9 Å². The van der Waals surface area contributed by atoms with Gasteiger partial charge in [-0.15, -0.1) is 0 Å². The Kier molecular flexibility index (Phi) is 7.91. The number of rotatable bonds is 9. The average Bonchev–Trinajstić information content (AvgIpc) is 2.37. The molecular weight excluding hydrogens is 250 g/mol. The Hall–Kier alpha value is -0.690. The molecule has 0 aliphatic rings. The van der Waals surface area contributed by atoms with Crippen LogP contribution < -0.4 is 5.32 Å². The van der Waals surface area contributed by atoms with Crippen molar-refractivity contribution in [1.82, 2.24) is 15.3 Å². The molecule has 1 aromatic rings. The van der Waals surface area contributed by atoms with Gasteiger partial charge >= 0.3 is 0 Å². The highest BCUT2D eigenvalue weighted by Gasteiger charge is 2.06. The number of aliphatic hydroxyl groups excluding tert-OH is 1. The lowest BCUT2D eigenvalue weighted by Gasteiger charge is -2.08. The molecular formula is C12H21N3O2S. The van der Waals surface area contributed by atoms with Gasteiger partial charge in [-0.25, -0.2) is 9.97 Å². The highest BCUT2D eigenvalue weighted by molar-refractivity contribution is 7.99. The molecule has 0 spiro atoms. The maximum Gasteiger partial charge on any atom is 0.187 e. The van der Waals surface area contributed by atoms with Crippen molar-refractivity contribution in [3.05, 3.63) is 18.0 Å². The first-order valence-electron chi connectivity index (χ1n) is 6.04. The Balaban J connectivity index is 2.33. The minimum atomic E-state index is 0.204. The SMILES string of the molecule is COCCNCc1cnc(SC(C)CCO)nc1. The Morgan fingerprint density at radius 1 is 1.44 bits per heavy atom. The molecule has 1 atom stereocenters. The number of nitrogens with one attached hydrogen (secondary N) is 1. The molecule has 0 bridgehead atoms. The molecule has 18 heavy (non-hydrogen) atoms. The fourth-order valence-electron chi connectivity index (χ4n) is 1.32. The third-order valence-electron chi connectivity index (χ3n) is 2.34. The molecule has 1 rings (SSSR count). The summed E-state index contributed by atoms with van der Waals surface area (Å²) in [4.78, 5) is 8.60. The van der Waals surface area contributed by atoms with Crippen LogP contribution in [0.1, 0.15) is 18.9 Å². The molecule has 0 saturated heterocycles. The molecule has 1 aromatic heterocycles. The average molecular weight is 271 g/mol. The minimum absolute atomic E-state index is 0.204. The Morgan fingerprint density at radius 3 is 2.78 bits per heavy atom. The summed E-state index contributed by atoms with van der Waals surface area (Å²) in [5.41, 5.74) is 1.06. The van der Waals surface area contributed by atoms with Gasteiger partial charge in [0.05, 0.1) is 6.61 Å². The molecule has 0 saturated carbocycles. The quantitative estimate of drug-likeness (QED) is 0.398. The first kappa shape index (κ1) is 15.4. The van der Waals surface area contributed by atoms with Gasteiger partial charge < -0.3 is 15.2 Å². The number of thioether (sulfide) groups is 1. The summed E-state index contributed by atoms with van der Waals surface area (Å²) >= 11 is 1.59. The first-order chi connectivity index (χ1) is 8.76. The summed E-state index contributed by atoms with van der Waals surface area (Å²) in [7, 11) is 1.68. The van der Waals surface area contributed by atoms with E-state index < -0.39 is 0 Å². The van der Waals surface area contributed by atoms with Crippen LogP contribution in [0.25, 0.3) is 0 Å². The largest absolute Gasteiger partial charge is 0.396 e. The van der Waals surface area contributed by atoms with Gasteiger partial charge in [-0.1, -0.05) is 18.7 Å². The molecule has 1 heterocycles. The van der Waals surface area contributed by atoms with E-state index >= 15 is 0 Å². The van der Waals surface area contributed by atoms with E-state index in [1.165, 1.54) is 0 Å². The summed E-state index contributed by atoms with van der Waals surface area (Å²) in [5, 5.41) is 13.2. The number of methoxy groups -OCH3 is 1. The Bertz CT molecular complexity index is 322. The van der Waals surface area contributed by atoms with Crippen LogP contribution >= 0.6 is 11.8 Å². The zero-order chi connectivity index (χ0) is 13.2. The normalized spacial score (nSPS) is 12.6. The Labute approximate surface area is 112 Å². The van der Waals surface area contributed by atoms with E-state index in [1.54, 1.807) is 18.9 Å². The summed E-state index contributed by atoms with van der Waals surface area (Å²) < 4.78 is 4.95. The molecule has 0 radical (unpaired) electrons. The monoisotopic (exact) mass is 271 g/mol. The number of hydrogen-bond acceptors (Lipinski definition) is 6. The van der Waals surface area contributed by atoms with Gasteiger partial charge in [-0.3, -0.25) is 0 Å². The van der Waals surface area contributed by atoms with Crippen molar-refractivity contribution in [2.75, 3.05) is 26.9 Å². The molecule has 0 fully saturated rings. The van der Waals surface area contributed by atoms with Crippen molar-refractivity contribution in [2.24, 2.45) is 0 Å². The van der Waals surface area contributed by atoms with Crippen LogP contribution in [-0.2, 0) is 11.3 Å². The molecule has 0 aliphatic heterocycles. The summed E-state index contributed by atoms with van der Waals surface area (Å²) in [5.74, 6) is 0. The first-order valence-corrected chi connectivity index (χ1v) is 6.92. The summed E-state index contributed by atoms with van der Waals surface area (Å²) in [6, 6.07) is 0. The zero-order valence-electron chi connectivity index (χ0n) is 10.9. The molecule has 1 unspecified atom stereocenters. The molecule has 0 aromatic carbocycles. The number of ether oxygens (including phenoxy) is 1. The molecule has 102 valence electrons. The second kappa shape index (κ2) is 9.27. The van der Waals surface area contributed by atoms with Crippen LogP contribution in [0.4, 0.5) is 0 Å². The van der Waals surface area contributed by atoms with E-state index in [1.807, 2.05) is 12.4 Å². The number of aromatic nitrogens is 2. The Morgan fingerprint density at radius 2 is 2.17 bits per heavy atom. The fourth-order valence-corrected chi connectivity index (χ4v) is 2.13. The smallest absolute Gasteiger partial charge is 0.187 e. The van der Waals surface area contributed by atoms with Gasteiger partial charge in [0.25, 0.3) is 0 Å². The summed E-state index contributed by atoms with van der Waals surface area (Å²) in [6.45, 7) is 4.54. The van der Waals surface area contributed by atoms with E-state index in [9.17, 15) is 0 Å². The van der Waals surface area contributed by atoms with Crippen LogP contribution in [0.2, 0.25) is 0 Å². The highest BCUT2D eigenvalue weighted by atomic mass is 32.2.